The van der Waals surface area contributed by atoms with Gasteiger partial charge in [-0.2, -0.15) is 0 Å². The Hall–Kier alpha value is -1.51. The summed E-state index contributed by atoms with van der Waals surface area (Å²) in [5.74, 6) is 2.45. The first-order valence-corrected chi connectivity index (χ1v) is 6.80. The van der Waals surface area contributed by atoms with E-state index < -0.39 is 10.0 Å². The molecule has 0 aliphatic heterocycles. The molecule has 0 saturated heterocycles. The standard InChI is InChI=1S/C12H16N2O2S/c1-3-7-10(4-2)14-17(15,16)12-9-6-5-8-11(12)13/h1,5-6,8-10,14H,4,7,13H2,2H3. The molecule has 1 rings (SSSR count). The molecule has 0 radical (unpaired) electrons. The fourth-order valence-electron chi connectivity index (χ4n) is 1.42. The molecular weight excluding hydrogens is 236 g/mol. The second-order valence-electron chi connectivity index (χ2n) is 3.67. The zero-order chi connectivity index (χ0) is 12.9. The van der Waals surface area contributed by atoms with E-state index in [2.05, 4.69) is 10.6 Å². The van der Waals surface area contributed by atoms with Crippen molar-refractivity contribution in [2.45, 2.75) is 30.7 Å². The van der Waals surface area contributed by atoms with Gasteiger partial charge in [0.15, 0.2) is 0 Å². The van der Waals surface area contributed by atoms with Crippen LogP contribution in [0.4, 0.5) is 5.69 Å². The van der Waals surface area contributed by atoms with Crippen LogP contribution < -0.4 is 10.5 Å². The van der Waals surface area contributed by atoms with Gasteiger partial charge in [0.25, 0.3) is 0 Å². The third-order valence-electron chi connectivity index (χ3n) is 2.39. The Morgan fingerprint density at radius 1 is 1.47 bits per heavy atom. The first-order valence-electron chi connectivity index (χ1n) is 5.31. The molecule has 1 unspecified atom stereocenters. The zero-order valence-corrected chi connectivity index (χ0v) is 10.5. The van der Waals surface area contributed by atoms with Gasteiger partial charge in [0.1, 0.15) is 4.90 Å². The summed E-state index contributed by atoms with van der Waals surface area (Å²) in [4.78, 5) is 0.0930. The molecule has 1 aromatic rings. The first kappa shape index (κ1) is 13.6. The summed E-state index contributed by atoms with van der Waals surface area (Å²) in [5.41, 5.74) is 5.87. The number of hydrogen-bond acceptors (Lipinski definition) is 3. The lowest BCUT2D eigenvalue weighted by Gasteiger charge is -2.15. The molecule has 0 aliphatic carbocycles. The van der Waals surface area contributed by atoms with E-state index in [1.165, 1.54) is 6.07 Å². The third-order valence-corrected chi connectivity index (χ3v) is 3.98. The Bertz CT molecular complexity index is 518. The number of nitrogen functional groups attached to an aromatic ring is 1. The highest BCUT2D eigenvalue weighted by Gasteiger charge is 2.20. The van der Waals surface area contributed by atoms with Gasteiger partial charge in [-0.25, -0.2) is 13.1 Å². The van der Waals surface area contributed by atoms with E-state index in [1.54, 1.807) is 18.2 Å². The third kappa shape index (κ3) is 3.48. The molecule has 0 bridgehead atoms. The SMILES string of the molecule is C#CCC(CC)NS(=O)(=O)c1ccccc1N. The summed E-state index contributed by atoms with van der Waals surface area (Å²) in [6.07, 6.45) is 6.18. The quantitative estimate of drug-likeness (QED) is 0.613. The van der Waals surface area contributed by atoms with Crippen molar-refractivity contribution in [3.63, 3.8) is 0 Å². The minimum Gasteiger partial charge on any atom is -0.398 e. The number of sulfonamides is 1. The summed E-state index contributed by atoms with van der Waals surface area (Å²) in [6, 6.07) is 6.08. The molecule has 5 heteroatoms. The summed E-state index contributed by atoms with van der Waals surface area (Å²) >= 11 is 0. The van der Waals surface area contributed by atoms with Crippen molar-refractivity contribution in [1.29, 1.82) is 0 Å². The molecule has 17 heavy (non-hydrogen) atoms. The van der Waals surface area contributed by atoms with Gasteiger partial charge in [-0.1, -0.05) is 19.1 Å². The normalized spacial score (nSPS) is 12.9. The van der Waals surface area contributed by atoms with Crippen molar-refractivity contribution in [2.24, 2.45) is 0 Å². The Kier molecular flexibility index (Phi) is 4.55. The van der Waals surface area contributed by atoms with Crippen LogP contribution in [0.3, 0.4) is 0 Å². The van der Waals surface area contributed by atoms with Crippen molar-refractivity contribution < 1.29 is 8.42 Å². The van der Waals surface area contributed by atoms with Crippen molar-refractivity contribution in [3.8, 4) is 12.3 Å². The van der Waals surface area contributed by atoms with Crippen LogP contribution in [0, 0.1) is 12.3 Å². The van der Waals surface area contributed by atoms with E-state index in [-0.39, 0.29) is 16.6 Å². The van der Waals surface area contributed by atoms with Crippen LogP contribution in [-0.2, 0) is 10.0 Å². The summed E-state index contributed by atoms with van der Waals surface area (Å²) < 4.78 is 26.6. The molecule has 0 heterocycles. The van der Waals surface area contributed by atoms with Crippen molar-refractivity contribution in [1.82, 2.24) is 4.72 Å². The summed E-state index contributed by atoms with van der Waals surface area (Å²) in [5, 5.41) is 0. The van der Waals surface area contributed by atoms with Gasteiger partial charge < -0.3 is 5.73 Å². The van der Waals surface area contributed by atoms with Gasteiger partial charge in [0.05, 0.1) is 5.69 Å². The maximum atomic E-state index is 12.0. The molecule has 0 spiro atoms. The lowest BCUT2D eigenvalue weighted by atomic mass is 10.2. The predicted octanol–water partition coefficient (Wildman–Crippen LogP) is 1.35. The number of benzene rings is 1. The maximum absolute atomic E-state index is 12.0. The number of nitrogens with one attached hydrogen (secondary N) is 1. The van der Waals surface area contributed by atoms with Gasteiger partial charge in [-0.3, -0.25) is 0 Å². The number of nitrogens with two attached hydrogens (primary N) is 1. The number of hydrogen-bond donors (Lipinski definition) is 2. The van der Waals surface area contributed by atoms with Crippen molar-refractivity contribution in [3.05, 3.63) is 24.3 Å². The molecule has 1 atom stereocenters. The van der Waals surface area contributed by atoms with Gasteiger partial charge in [0, 0.05) is 12.5 Å². The van der Waals surface area contributed by atoms with Gasteiger partial charge >= 0.3 is 0 Å². The van der Waals surface area contributed by atoms with E-state index in [0.717, 1.165) is 0 Å². The van der Waals surface area contributed by atoms with Crippen LogP contribution in [0.2, 0.25) is 0 Å². The average Bonchev–Trinajstić information content (AvgIpc) is 2.28. The highest BCUT2D eigenvalue weighted by molar-refractivity contribution is 7.89. The molecule has 0 amide bonds. The van der Waals surface area contributed by atoms with Gasteiger partial charge in [-0.05, 0) is 18.6 Å². The second kappa shape index (κ2) is 5.71. The fourth-order valence-corrected chi connectivity index (χ4v) is 2.87. The van der Waals surface area contributed by atoms with Crippen LogP contribution in [0.5, 0.6) is 0 Å². The van der Waals surface area contributed by atoms with Crippen molar-refractivity contribution in [2.75, 3.05) is 5.73 Å². The smallest absolute Gasteiger partial charge is 0.242 e. The van der Waals surface area contributed by atoms with E-state index in [0.29, 0.717) is 12.8 Å². The summed E-state index contributed by atoms with van der Waals surface area (Å²) in [7, 11) is -3.60. The topological polar surface area (TPSA) is 72.2 Å². The second-order valence-corrected chi connectivity index (χ2v) is 5.35. The predicted molar refractivity (Wildman–Crippen MR) is 68.7 cm³/mol. The number of terminal acetylenes is 1. The van der Waals surface area contributed by atoms with E-state index in [9.17, 15) is 8.42 Å². The Labute approximate surface area is 102 Å². The van der Waals surface area contributed by atoms with E-state index in [4.69, 9.17) is 12.2 Å². The number of anilines is 1. The van der Waals surface area contributed by atoms with Crippen LogP contribution in [-0.4, -0.2) is 14.5 Å². The minimum atomic E-state index is -3.60. The van der Waals surface area contributed by atoms with Crippen LogP contribution in [0.25, 0.3) is 0 Å². The largest absolute Gasteiger partial charge is 0.398 e. The molecule has 0 aliphatic rings. The number of rotatable bonds is 5. The molecule has 0 fully saturated rings. The van der Waals surface area contributed by atoms with E-state index in [1.807, 2.05) is 6.92 Å². The van der Waals surface area contributed by atoms with Crippen LogP contribution in [0.1, 0.15) is 19.8 Å². The average molecular weight is 252 g/mol. The highest BCUT2D eigenvalue weighted by Crippen LogP contribution is 2.17. The minimum absolute atomic E-state index is 0.0930. The molecule has 3 N–H and O–H groups in total. The molecule has 0 saturated carbocycles. The Morgan fingerprint density at radius 2 is 2.12 bits per heavy atom. The highest BCUT2D eigenvalue weighted by atomic mass is 32.2. The maximum Gasteiger partial charge on any atom is 0.242 e. The lowest BCUT2D eigenvalue weighted by molar-refractivity contribution is 0.544. The zero-order valence-electron chi connectivity index (χ0n) is 9.68. The number of para-hydroxylation sites is 1. The van der Waals surface area contributed by atoms with Crippen molar-refractivity contribution >= 4 is 15.7 Å². The van der Waals surface area contributed by atoms with Crippen LogP contribution >= 0.6 is 0 Å². The molecule has 4 nitrogen and oxygen atoms in total. The monoisotopic (exact) mass is 252 g/mol. The summed E-state index contributed by atoms with van der Waals surface area (Å²) in [6.45, 7) is 1.87. The molecular formula is C12H16N2O2S. The Balaban J connectivity index is 2.97. The molecule has 0 aromatic heterocycles. The van der Waals surface area contributed by atoms with Crippen LogP contribution in [0.15, 0.2) is 29.2 Å². The first-order chi connectivity index (χ1) is 8.01. The molecule has 92 valence electrons. The Morgan fingerprint density at radius 3 is 2.65 bits per heavy atom. The van der Waals surface area contributed by atoms with Gasteiger partial charge in [-0.15, -0.1) is 12.3 Å². The molecule has 1 aromatic carbocycles. The van der Waals surface area contributed by atoms with E-state index >= 15 is 0 Å². The fraction of sp³-hybridized carbons (Fsp3) is 0.333. The van der Waals surface area contributed by atoms with Gasteiger partial charge in [0.2, 0.25) is 10.0 Å². The lowest BCUT2D eigenvalue weighted by Crippen LogP contribution is -2.34.